The van der Waals surface area contributed by atoms with E-state index in [4.69, 9.17) is 11.5 Å². The Bertz CT molecular complexity index is 1080. The van der Waals surface area contributed by atoms with Crippen LogP contribution in [0.2, 0.25) is 0 Å². The molecule has 7 nitrogen and oxygen atoms in total. The van der Waals surface area contributed by atoms with Crippen LogP contribution in [0.5, 0.6) is 5.75 Å². The van der Waals surface area contributed by atoms with Crippen molar-refractivity contribution >= 4 is 11.6 Å². The quantitative estimate of drug-likeness (QED) is 0.431. The lowest BCUT2D eigenvalue weighted by molar-refractivity contribution is -0.274. The maximum Gasteiger partial charge on any atom is 0.573 e. The van der Waals surface area contributed by atoms with Crippen LogP contribution in [0.3, 0.4) is 0 Å². The standard InChI is InChI=1S/C13H13FN4O.C7H6F3NO/c14-9-3-1-2-8(6-9)12-11(13(15)19)10-7-16-4-5-18(10)17-12;8-7(9,10)12-6-3-1-2-5(11)4-6/h1-3,6,16H,4-5,7H2,(H2,15,19);1-4H,11H2. The average Bonchev–Trinajstić information content (AvgIpc) is 3.07. The van der Waals surface area contributed by atoms with Gasteiger partial charge in [-0.2, -0.15) is 5.10 Å². The fraction of sp³-hybridized carbons (Fsp3) is 0.200. The number of nitrogens with two attached hydrogens (primary N) is 2. The van der Waals surface area contributed by atoms with Gasteiger partial charge in [-0.25, -0.2) is 4.39 Å². The molecule has 3 aromatic rings. The van der Waals surface area contributed by atoms with Crippen LogP contribution in [0.4, 0.5) is 23.2 Å². The van der Waals surface area contributed by atoms with E-state index in [9.17, 15) is 22.4 Å². The zero-order chi connectivity index (χ0) is 22.6. The Morgan fingerprint density at radius 1 is 1.16 bits per heavy atom. The number of rotatable bonds is 3. The van der Waals surface area contributed by atoms with E-state index in [-0.39, 0.29) is 17.3 Å². The maximum atomic E-state index is 13.3. The molecular weight excluding hydrogens is 418 g/mol. The Morgan fingerprint density at radius 3 is 2.55 bits per heavy atom. The number of primary amides is 1. The number of nitrogens with one attached hydrogen (secondary N) is 1. The fourth-order valence-electron chi connectivity index (χ4n) is 3.06. The number of fused-ring (bicyclic) bond motifs is 1. The average molecular weight is 437 g/mol. The zero-order valence-corrected chi connectivity index (χ0v) is 16.1. The number of carbonyl (C=O) groups is 1. The zero-order valence-electron chi connectivity index (χ0n) is 16.1. The molecule has 1 aliphatic rings. The van der Waals surface area contributed by atoms with Gasteiger partial charge < -0.3 is 21.5 Å². The van der Waals surface area contributed by atoms with Crippen molar-refractivity contribution in [2.24, 2.45) is 5.73 Å². The van der Waals surface area contributed by atoms with E-state index in [1.54, 1.807) is 16.8 Å². The molecule has 1 aromatic heterocycles. The normalized spacial score (nSPS) is 13.0. The van der Waals surface area contributed by atoms with Crippen LogP contribution < -0.4 is 21.5 Å². The molecular formula is C20H19F4N5O2. The maximum absolute atomic E-state index is 13.3. The van der Waals surface area contributed by atoms with E-state index in [2.05, 4.69) is 15.2 Å². The van der Waals surface area contributed by atoms with Crippen molar-refractivity contribution in [1.29, 1.82) is 0 Å². The number of nitrogen functional groups attached to an aromatic ring is 1. The minimum absolute atomic E-state index is 0.233. The smallest absolute Gasteiger partial charge is 0.406 e. The Kier molecular flexibility index (Phi) is 6.44. The van der Waals surface area contributed by atoms with Gasteiger partial charge in [-0.15, -0.1) is 13.2 Å². The summed E-state index contributed by atoms with van der Waals surface area (Å²) in [5, 5.41) is 7.56. The number of halogens is 4. The molecule has 0 saturated heterocycles. The van der Waals surface area contributed by atoms with Crippen LogP contribution >= 0.6 is 0 Å². The van der Waals surface area contributed by atoms with E-state index < -0.39 is 12.3 Å². The molecule has 0 unspecified atom stereocenters. The predicted molar refractivity (Wildman–Crippen MR) is 105 cm³/mol. The van der Waals surface area contributed by atoms with E-state index in [1.165, 1.54) is 30.3 Å². The molecule has 0 bridgehead atoms. The number of hydrogen-bond donors (Lipinski definition) is 3. The number of alkyl halides is 3. The first-order valence-electron chi connectivity index (χ1n) is 9.11. The van der Waals surface area contributed by atoms with Gasteiger partial charge in [0.05, 0.1) is 17.8 Å². The lowest BCUT2D eigenvalue weighted by Gasteiger charge is -2.15. The first kappa shape index (κ1) is 22.1. The van der Waals surface area contributed by atoms with Crippen LogP contribution in [0.1, 0.15) is 16.1 Å². The SMILES string of the molecule is NC(=O)c1c(-c2cccc(F)c2)nn2c1CNCC2.Nc1cccc(OC(F)(F)F)c1. The fourth-order valence-corrected chi connectivity index (χ4v) is 3.06. The molecule has 4 rings (SSSR count). The van der Waals surface area contributed by atoms with E-state index >= 15 is 0 Å². The lowest BCUT2D eigenvalue weighted by Crippen LogP contribution is -2.30. The van der Waals surface area contributed by atoms with Crippen molar-refractivity contribution in [1.82, 2.24) is 15.1 Å². The molecule has 0 spiro atoms. The minimum Gasteiger partial charge on any atom is -0.406 e. The molecule has 31 heavy (non-hydrogen) atoms. The monoisotopic (exact) mass is 437 g/mol. The van der Waals surface area contributed by atoms with Crippen LogP contribution in [-0.4, -0.2) is 28.6 Å². The molecule has 0 aliphatic carbocycles. The largest absolute Gasteiger partial charge is 0.573 e. The molecule has 5 N–H and O–H groups in total. The van der Waals surface area contributed by atoms with Crippen molar-refractivity contribution in [3.8, 4) is 17.0 Å². The number of aromatic nitrogens is 2. The van der Waals surface area contributed by atoms with Crippen molar-refractivity contribution in [2.75, 3.05) is 12.3 Å². The summed E-state index contributed by atoms with van der Waals surface area (Å²) in [7, 11) is 0. The highest BCUT2D eigenvalue weighted by atomic mass is 19.4. The number of amides is 1. The summed E-state index contributed by atoms with van der Waals surface area (Å²) in [4.78, 5) is 11.7. The number of hydrogen-bond acceptors (Lipinski definition) is 5. The minimum atomic E-state index is -4.66. The van der Waals surface area contributed by atoms with Gasteiger partial charge in [-0.1, -0.05) is 18.2 Å². The van der Waals surface area contributed by atoms with Crippen LogP contribution in [0.15, 0.2) is 48.5 Å². The number of carbonyl (C=O) groups excluding carboxylic acids is 1. The van der Waals surface area contributed by atoms with E-state index in [0.29, 0.717) is 29.9 Å². The van der Waals surface area contributed by atoms with Crippen LogP contribution in [-0.2, 0) is 13.1 Å². The molecule has 0 fully saturated rings. The first-order chi connectivity index (χ1) is 14.6. The van der Waals surface area contributed by atoms with Crippen molar-refractivity contribution in [3.63, 3.8) is 0 Å². The van der Waals surface area contributed by atoms with Gasteiger partial charge in [0.2, 0.25) is 0 Å². The third-order valence-electron chi connectivity index (χ3n) is 4.29. The van der Waals surface area contributed by atoms with Crippen molar-refractivity contribution in [3.05, 3.63) is 65.6 Å². The van der Waals surface area contributed by atoms with Gasteiger partial charge in [-0.05, 0) is 24.3 Å². The summed E-state index contributed by atoms with van der Waals surface area (Å²) < 4.78 is 53.5. The molecule has 1 aliphatic heterocycles. The summed E-state index contributed by atoms with van der Waals surface area (Å²) >= 11 is 0. The topological polar surface area (TPSA) is 108 Å². The summed E-state index contributed by atoms with van der Waals surface area (Å²) in [6.45, 7) is 2.00. The van der Waals surface area contributed by atoms with Gasteiger partial charge in [0, 0.05) is 30.4 Å². The number of benzene rings is 2. The molecule has 0 atom stereocenters. The summed E-state index contributed by atoms with van der Waals surface area (Å²) in [5.41, 5.74) is 13.1. The van der Waals surface area contributed by atoms with Gasteiger partial charge in [0.15, 0.2) is 0 Å². The Hall–Kier alpha value is -3.60. The predicted octanol–water partition coefficient (Wildman–Crippen LogP) is 3.06. The molecule has 2 aromatic carbocycles. The van der Waals surface area contributed by atoms with E-state index in [1.807, 2.05) is 0 Å². The van der Waals surface area contributed by atoms with Gasteiger partial charge >= 0.3 is 6.36 Å². The number of nitrogens with zero attached hydrogens (tertiary/aromatic N) is 2. The Morgan fingerprint density at radius 2 is 1.90 bits per heavy atom. The third kappa shape index (κ3) is 5.72. The molecule has 11 heteroatoms. The van der Waals surface area contributed by atoms with Gasteiger partial charge in [-0.3, -0.25) is 9.48 Å². The Balaban J connectivity index is 0.000000196. The number of anilines is 1. The first-order valence-corrected chi connectivity index (χ1v) is 9.11. The second-order valence-electron chi connectivity index (χ2n) is 6.57. The van der Waals surface area contributed by atoms with Crippen molar-refractivity contribution in [2.45, 2.75) is 19.5 Å². The highest BCUT2D eigenvalue weighted by Crippen LogP contribution is 2.27. The molecule has 0 saturated carbocycles. The lowest BCUT2D eigenvalue weighted by atomic mass is 10.0. The third-order valence-corrected chi connectivity index (χ3v) is 4.29. The molecule has 2 heterocycles. The summed E-state index contributed by atoms with van der Waals surface area (Å²) in [6.07, 6.45) is -4.66. The van der Waals surface area contributed by atoms with Gasteiger partial charge in [0.25, 0.3) is 5.91 Å². The second kappa shape index (κ2) is 9.04. The van der Waals surface area contributed by atoms with E-state index in [0.717, 1.165) is 18.3 Å². The highest BCUT2D eigenvalue weighted by molar-refractivity contribution is 6.00. The molecule has 164 valence electrons. The Labute approximate surface area is 174 Å². The molecule has 1 amide bonds. The summed E-state index contributed by atoms with van der Waals surface area (Å²) in [6, 6.07) is 11.2. The van der Waals surface area contributed by atoms with Gasteiger partial charge in [0.1, 0.15) is 17.3 Å². The second-order valence-corrected chi connectivity index (χ2v) is 6.57. The molecule has 0 radical (unpaired) electrons. The summed E-state index contributed by atoms with van der Waals surface area (Å²) in [5.74, 6) is -1.20. The van der Waals surface area contributed by atoms with Crippen LogP contribution in [0, 0.1) is 5.82 Å². The van der Waals surface area contributed by atoms with Crippen LogP contribution in [0.25, 0.3) is 11.3 Å². The highest BCUT2D eigenvalue weighted by Gasteiger charge is 2.31. The van der Waals surface area contributed by atoms with Crippen molar-refractivity contribution < 1.29 is 27.1 Å². The number of ether oxygens (including phenoxy) is 1.